The number of benzene rings is 2. The van der Waals surface area contributed by atoms with Crippen LogP contribution in [0.4, 0.5) is 5.69 Å². The molecule has 4 heteroatoms. The number of carbonyl (C=O) groups is 1. The number of hydrogen-bond donors (Lipinski definition) is 1. The molecule has 4 nitrogen and oxygen atoms in total. The summed E-state index contributed by atoms with van der Waals surface area (Å²) in [6.45, 7) is 12.5. The van der Waals surface area contributed by atoms with Gasteiger partial charge in [0.1, 0.15) is 11.5 Å². The molecule has 1 amide bonds. The molecular formula is C26H37NO3. The van der Waals surface area contributed by atoms with Crippen LogP contribution in [0.3, 0.4) is 0 Å². The van der Waals surface area contributed by atoms with Crippen molar-refractivity contribution in [3.8, 4) is 11.5 Å². The first-order valence-corrected chi connectivity index (χ1v) is 11.1. The topological polar surface area (TPSA) is 47.6 Å². The zero-order valence-corrected chi connectivity index (χ0v) is 19.3. The van der Waals surface area contributed by atoms with Crippen LogP contribution >= 0.6 is 0 Å². The zero-order chi connectivity index (χ0) is 22.1. The zero-order valence-electron chi connectivity index (χ0n) is 19.3. The first kappa shape index (κ1) is 23.8. The Hall–Kier alpha value is -2.49. The van der Waals surface area contributed by atoms with Gasteiger partial charge in [0.2, 0.25) is 5.91 Å². The monoisotopic (exact) mass is 411 g/mol. The molecule has 0 unspecified atom stereocenters. The van der Waals surface area contributed by atoms with E-state index in [-0.39, 0.29) is 24.0 Å². The molecule has 0 heterocycles. The third-order valence-corrected chi connectivity index (χ3v) is 4.76. The summed E-state index contributed by atoms with van der Waals surface area (Å²) in [4.78, 5) is 12.7. The molecular weight excluding hydrogens is 374 g/mol. The highest BCUT2D eigenvalue weighted by Crippen LogP contribution is 2.29. The Morgan fingerprint density at radius 3 is 1.73 bits per heavy atom. The highest BCUT2D eigenvalue weighted by Gasteiger charge is 2.17. The Kier molecular flexibility index (Phi) is 9.22. The van der Waals surface area contributed by atoms with Crippen LogP contribution in [-0.4, -0.2) is 18.1 Å². The Balaban J connectivity index is 2.03. The lowest BCUT2D eigenvalue weighted by molar-refractivity contribution is -0.116. The van der Waals surface area contributed by atoms with Gasteiger partial charge in [0.05, 0.1) is 12.2 Å². The molecule has 2 aromatic rings. The Morgan fingerprint density at radius 2 is 1.27 bits per heavy atom. The lowest BCUT2D eigenvalue weighted by Crippen LogP contribution is -2.16. The van der Waals surface area contributed by atoms with E-state index in [1.165, 1.54) is 5.56 Å². The minimum atomic E-state index is 0.0313. The predicted octanol–water partition coefficient (Wildman–Crippen LogP) is 6.81. The number of ether oxygens (including phenoxy) is 2. The third kappa shape index (κ3) is 8.48. The van der Waals surface area contributed by atoms with E-state index in [0.29, 0.717) is 12.3 Å². The predicted molar refractivity (Wildman–Crippen MR) is 124 cm³/mol. The second kappa shape index (κ2) is 11.6. The first-order chi connectivity index (χ1) is 14.2. The summed E-state index contributed by atoms with van der Waals surface area (Å²) in [6.07, 6.45) is 2.81. The van der Waals surface area contributed by atoms with Crippen LogP contribution in [0.25, 0.3) is 0 Å². The SMILES string of the molecule is CC(C)CC[C@H](CC(=O)Nc1ccc(OC(C)C)cc1)c1ccc(OC(C)C)cc1. The third-order valence-electron chi connectivity index (χ3n) is 4.76. The van der Waals surface area contributed by atoms with Crippen molar-refractivity contribution in [3.63, 3.8) is 0 Å². The molecule has 0 spiro atoms. The van der Waals surface area contributed by atoms with E-state index < -0.39 is 0 Å². The van der Waals surface area contributed by atoms with Crippen molar-refractivity contribution in [1.29, 1.82) is 0 Å². The molecule has 0 aliphatic rings. The Labute approximate surface area is 182 Å². The maximum absolute atomic E-state index is 12.7. The van der Waals surface area contributed by atoms with Gasteiger partial charge in [-0.05, 0) is 87.9 Å². The van der Waals surface area contributed by atoms with Gasteiger partial charge >= 0.3 is 0 Å². The lowest BCUT2D eigenvalue weighted by atomic mass is 9.88. The molecule has 2 rings (SSSR count). The molecule has 0 fully saturated rings. The lowest BCUT2D eigenvalue weighted by Gasteiger charge is -2.19. The molecule has 0 aliphatic carbocycles. The van der Waals surface area contributed by atoms with E-state index in [1.807, 2.05) is 64.1 Å². The molecule has 0 bridgehead atoms. The van der Waals surface area contributed by atoms with Gasteiger partial charge in [-0.3, -0.25) is 4.79 Å². The van der Waals surface area contributed by atoms with E-state index in [9.17, 15) is 4.79 Å². The van der Waals surface area contributed by atoms with Gasteiger partial charge in [-0.15, -0.1) is 0 Å². The smallest absolute Gasteiger partial charge is 0.224 e. The number of anilines is 1. The van der Waals surface area contributed by atoms with Crippen LogP contribution in [0.2, 0.25) is 0 Å². The number of carbonyl (C=O) groups excluding carboxylic acids is 1. The largest absolute Gasteiger partial charge is 0.491 e. The van der Waals surface area contributed by atoms with Crippen LogP contribution in [0.15, 0.2) is 48.5 Å². The molecule has 164 valence electrons. The standard InChI is InChI=1S/C26H37NO3/c1-18(2)7-8-22(21-9-13-24(14-10-21)29-19(3)4)17-26(28)27-23-11-15-25(16-12-23)30-20(5)6/h9-16,18-20,22H,7-8,17H2,1-6H3,(H,27,28)/t22-/m1/s1. The van der Waals surface area contributed by atoms with Gasteiger partial charge in [0.15, 0.2) is 0 Å². The van der Waals surface area contributed by atoms with Crippen molar-refractivity contribution >= 4 is 11.6 Å². The van der Waals surface area contributed by atoms with Gasteiger partial charge in [0.25, 0.3) is 0 Å². The number of hydrogen-bond acceptors (Lipinski definition) is 3. The van der Waals surface area contributed by atoms with E-state index in [4.69, 9.17) is 9.47 Å². The highest BCUT2D eigenvalue weighted by atomic mass is 16.5. The fraction of sp³-hybridized carbons (Fsp3) is 0.500. The van der Waals surface area contributed by atoms with Crippen molar-refractivity contribution in [2.75, 3.05) is 5.32 Å². The minimum absolute atomic E-state index is 0.0313. The minimum Gasteiger partial charge on any atom is -0.491 e. The summed E-state index contributed by atoms with van der Waals surface area (Å²) >= 11 is 0. The van der Waals surface area contributed by atoms with Crippen LogP contribution in [-0.2, 0) is 4.79 Å². The summed E-state index contributed by atoms with van der Waals surface area (Å²) in [5, 5.41) is 3.03. The molecule has 30 heavy (non-hydrogen) atoms. The van der Waals surface area contributed by atoms with Gasteiger partial charge in [-0.25, -0.2) is 0 Å². The van der Waals surface area contributed by atoms with Crippen molar-refractivity contribution in [2.24, 2.45) is 5.92 Å². The second-order valence-electron chi connectivity index (χ2n) is 8.85. The number of nitrogens with one attached hydrogen (secondary N) is 1. The van der Waals surface area contributed by atoms with Crippen LogP contribution in [0.1, 0.15) is 72.3 Å². The van der Waals surface area contributed by atoms with Crippen molar-refractivity contribution in [3.05, 3.63) is 54.1 Å². The van der Waals surface area contributed by atoms with E-state index in [0.717, 1.165) is 30.0 Å². The molecule has 1 N–H and O–H groups in total. The highest BCUT2D eigenvalue weighted by molar-refractivity contribution is 5.91. The normalized spacial score (nSPS) is 12.3. The second-order valence-corrected chi connectivity index (χ2v) is 8.85. The summed E-state index contributed by atoms with van der Waals surface area (Å²) in [6, 6.07) is 15.7. The van der Waals surface area contributed by atoms with Gasteiger partial charge in [-0.2, -0.15) is 0 Å². The number of rotatable bonds is 11. The average Bonchev–Trinajstić information content (AvgIpc) is 2.66. The quantitative estimate of drug-likeness (QED) is 0.442. The van der Waals surface area contributed by atoms with Gasteiger partial charge < -0.3 is 14.8 Å². The molecule has 0 saturated heterocycles. The number of amides is 1. The molecule has 1 atom stereocenters. The maximum atomic E-state index is 12.7. The molecule has 2 aromatic carbocycles. The van der Waals surface area contributed by atoms with Crippen molar-refractivity contribution < 1.29 is 14.3 Å². The average molecular weight is 412 g/mol. The van der Waals surface area contributed by atoms with Crippen molar-refractivity contribution in [2.45, 2.75) is 78.9 Å². The van der Waals surface area contributed by atoms with Crippen LogP contribution in [0, 0.1) is 5.92 Å². The maximum Gasteiger partial charge on any atom is 0.224 e. The summed E-state index contributed by atoms with van der Waals surface area (Å²) in [5.74, 6) is 2.49. The summed E-state index contributed by atoms with van der Waals surface area (Å²) in [5.41, 5.74) is 1.97. The summed E-state index contributed by atoms with van der Waals surface area (Å²) in [7, 11) is 0. The Morgan fingerprint density at radius 1 is 0.767 bits per heavy atom. The molecule has 0 saturated carbocycles. The van der Waals surface area contributed by atoms with Crippen LogP contribution < -0.4 is 14.8 Å². The Bertz CT molecular complexity index is 764. The van der Waals surface area contributed by atoms with Crippen LogP contribution in [0.5, 0.6) is 11.5 Å². The summed E-state index contributed by atoms with van der Waals surface area (Å²) < 4.78 is 11.4. The van der Waals surface area contributed by atoms with Gasteiger partial charge in [0, 0.05) is 12.1 Å². The van der Waals surface area contributed by atoms with E-state index in [1.54, 1.807) is 0 Å². The fourth-order valence-corrected chi connectivity index (χ4v) is 3.34. The fourth-order valence-electron chi connectivity index (χ4n) is 3.34. The molecule has 0 radical (unpaired) electrons. The first-order valence-electron chi connectivity index (χ1n) is 11.1. The molecule has 0 aliphatic heterocycles. The van der Waals surface area contributed by atoms with Crippen molar-refractivity contribution in [1.82, 2.24) is 0 Å². The molecule has 0 aromatic heterocycles. The van der Waals surface area contributed by atoms with E-state index in [2.05, 4.69) is 31.3 Å². The van der Waals surface area contributed by atoms with E-state index >= 15 is 0 Å². The van der Waals surface area contributed by atoms with Gasteiger partial charge in [-0.1, -0.05) is 32.4 Å².